The van der Waals surface area contributed by atoms with E-state index in [0.717, 1.165) is 32.7 Å². The molecule has 0 aliphatic carbocycles. The molecule has 6 heteroatoms. The van der Waals surface area contributed by atoms with Crippen molar-refractivity contribution in [3.05, 3.63) is 24.3 Å². The Bertz CT molecular complexity index is 535. The zero-order chi connectivity index (χ0) is 15.3. The van der Waals surface area contributed by atoms with Gasteiger partial charge in [-0.3, -0.25) is 4.90 Å². The van der Waals surface area contributed by atoms with Crippen LogP contribution in [0.2, 0.25) is 0 Å². The van der Waals surface area contributed by atoms with Crippen molar-refractivity contribution in [3.8, 4) is 5.75 Å². The topological polar surface area (TPSA) is 58.6 Å². The van der Waals surface area contributed by atoms with E-state index in [1.807, 2.05) is 0 Å². The first kappa shape index (κ1) is 16.3. The van der Waals surface area contributed by atoms with Crippen LogP contribution < -0.4 is 10.1 Å². The maximum atomic E-state index is 12.0. The Hall–Kier alpha value is -1.11. The molecule has 1 aromatic rings. The zero-order valence-corrected chi connectivity index (χ0v) is 13.5. The van der Waals surface area contributed by atoms with Gasteiger partial charge in [0.15, 0.2) is 9.84 Å². The highest BCUT2D eigenvalue weighted by Gasteiger charge is 2.18. The first-order valence-corrected chi connectivity index (χ1v) is 8.94. The predicted molar refractivity (Wildman–Crippen MR) is 83.6 cm³/mol. The molecule has 21 heavy (non-hydrogen) atoms. The lowest BCUT2D eigenvalue weighted by atomic mass is 10.3. The summed E-state index contributed by atoms with van der Waals surface area (Å²) in [6.07, 6.45) is 0. The number of hydrogen-bond donors (Lipinski definition) is 1. The van der Waals surface area contributed by atoms with Crippen molar-refractivity contribution in [3.63, 3.8) is 0 Å². The molecule has 0 saturated carbocycles. The molecule has 0 radical (unpaired) electrons. The van der Waals surface area contributed by atoms with Gasteiger partial charge in [-0.1, -0.05) is 0 Å². The van der Waals surface area contributed by atoms with Crippen LogP contribution in [-0.2, 0) is 9.84 Å². The molecule has 0 bridgehead atoms. The molecule has 1 aromatic carbocycles. The molecule has 1 aliphatic rings. The Kier molecular flexibility index (Phi) is 5.61. The highest BCUT2D eigenvalue weighted by molar-refractivity contribution is 7.92. The van der Waals surface area contributed by atoms with Gasteiger partial charge in [-0.05, 0) is 38.1 Å². The molecule has 0 spiro atoms. The second-order valence-electron chi connectivity index (χ2n) is 5.51. The number of nitrogens with zero attached hydrogens (tertiary/aromatic N) is 1. The fourth-order valence-corrected chi connectivity index (χ4v) is 3.28. The van der Waals surface area contributed by atoms with Crippen LogP contribution in [0.3, 0.4) is 0 Å². The largest absolute Gasteiger partial charge is 0.492 e. The third-order valence-electron chi connectivity index (χ3n) is 3.66. The quantitative estimate of drug-likeness (QED) is 0.854. The average molecular weight is 312 g/mol. The van der Waals surface area contributed by atoms with E-state index >= 15 is 0 Å². The highest BCUT2D eigenvalue weighted by atomic mass is 32.2. The summed E-state index contributed by atoms with van der Waals surface area (Å²) in [6.45, 7) is 9.05. The minimum atomic E-state index is -3.20. The highest BCUT2D eigenvalue weighted by Crippen LogP contribution is 2.19. The van der Waals surface area contributed by atoms with E-state index in [0.29, 0.717) is 17.3 Å². The van der Waals surface area contributed by atoms with E-state index in [-0.39, 0.29) is 0 Å². The van der Waals surface area contributed by atoms with Gasteiger partial charge in [0.25, 0.3) is 0 Å². The summed E-state index contributed by atoms with van der Waals surface area (Å²) in [5, 5.41) is 2.91. The maximum Gasteiger partial charge on any atom is 0.180 e. The Labute approximate surface area is 127 Å². The standard InChI is InChI=1S/C15H24N2O3S/c1-13(2)21(18,19)15-5-3-14(4-6-15)20-12-11-17-9-7-16-8-10-17/h3-6,13,16H,7-12H2,1-2H3. The number of piperazine rings is 1. The lowest BCUT2D eigenvalue weighted by Gasteiger charge is -2.26. The molecular formula is C15H24N2O3S. The molecule has 5 nitrogen and oxygen atoms in total. The van der Waals surface area contributed by atoms with Crippen molar-refractivity contribution in [1.82, 2.24) is 10.2 Å². The lowest BCUT2D eigenvalue weighted by Crippen LogP contribution is -2.44. The average Bonchev–Trinajstić information content (AvgIpc) is 2.49. The van der Waals surface area contributed by atoms with Crippen LogP contribution >= 0.6 is 0 Å². The summed E-state index contributed by atoms with van der Waals surface area (Å²) < 4.78 is 29.7. The smallest absolute Gasteiger partial charge is 0.180 e. The zero-order valence-electron chi connectivity index (χ0n) is 12.7. The van der Waals surface area contributed by atoms with Gasteiger partial charge < -0.3 is 10.1 Å². The first-order chi connectivity index (χ1) is 10.00. The minimum Gasteiger partial charge on any atom is -0.492 e. The van der Waals surface area contributed by atoms with Gasteiger partial charge >= 0.3 is 0 Å². The van der Waals surface area contributed by atoms with Gasteiger partial charge in [0.1, 0.15) is 12.4 Å². The molecule has 1 N–H and O–H groups in total. The molecule has 0 aromatic heterocycles. The molecule has 0 amide bonds. The molecule has 1 saturated heterocycles. The number of sulfone groups is 1. The van der Waals surface area contributed by atoms with Crippen molar-refractivity contribution in [1.29, 1.82) is 0 Å². The Balaban J connectivity index is 1.85. The normalized spacial score (nSPS) is 17.1. The van der Waals surface area contributed by atoms with Crippen LogP contribution in [0.15, 0.2) is 29.2 Å². The summed E-state index contributed by atoms with van der Waals surface area (Å²) in [5.74, 6) is 0.716. The molecule has 1 aliphatic heterocycles. The molecule has 0 unspecified atom stereocenters. The second kappa shape index (κ2) is 7.24. The van der Waals surface area contributed by atoms with E-state index in [4.69, 9.17) is 4.74 Å². The van der Waals surface area contributed by atoms with E-state index in [9.17, 15) is 8.42 Å². The summed E-state index contributed by atoms with van der Waals surface area (Å²) in [4.78, 5) is 2.71. The van der Waals surface area contributed by atoms with E-state index in [1.54, 1.807) is 38.1 Å². The molecule has 1 heterocycles. The molecular weight excluding hydrogens is 288 g/mol. The number of nitrogens with one attached hydrogen (secondary N) is 1. The summed E-state index contributed by atoms with van der Waals surface area (Å²) in [6, 6.07) is 6.70. The van der Waals surface area contributed by atoms with Gasteiger partial charge in [0.05, 0.1) is 10.1 Å². The first-order valence-electron chi connectivity index (χ1n) is 7.40. The summed E-state index contributed by atoms with van der Waals surface area (Å²) >= 11 is 0. The van der Waals surface area contributed by atoms with Crippen LogP contribution in [-0.4, -0.2) is 57.9 Å². The number of benzene rings is 1. The summed E-state index contributed by atoms with van der Waals surface area (Å²) in [5.41, 5.74) is 0. The van der Waals surface area contributed by atoms with Gasteiger partial charge in [-0.25, -0.2) is 8.42 Å². The predicted octanol–water partition coefficient (Wildman–Crippen LogP) is 1.15. The van der Waals surface area contributed by atoms with Gasteiger partial charge in [0.2, 0.25) is 0 Å². The van der Waals surface area contributed by atoms with Crippen LogP contribution in [0.4, 0.5) is 0 Å². The van der Waals surface area contributed by atoms with Crippen molar-refractivity contribution in [2.75, 3.05) is 39.3 Å². The van der Waals surface area contributed by atoms with Crippen LogP contribution in [0.5, 0.6) is 5.75 Å². The Morgan fingerprint density at radius 2 is 1.81 bits per heavy atom. The number of rotatable bonds is 6. The SMILES string of the molecule is CC(C)S(=O)(=O)c1ccc(OCCN2CCNCC2)cc1. The third-order valence-corrected chi connectivity index (χ3v) is 5.83. The lowest BCUT2D eigenvalue weighted by molar-refractivity contribution is 0.191. The van der Waals surface area contributed by atoms with Gasteiger partial charge in [-0.2, -0.15) is 0 Å². The van der Waals surface area contributed by atoms with Crippen molar-refractivity contribution >= 4 is 9.84 Å². The van der Waals surface area contributed by atoms with Crippen molar-refractivity contribution < 1.29 is 13.2 Å². The van der Waals surface area contributed by atoms with Gasteiger partial charge in [0, 0.05) is 32.7 Å². The maximum absolute atomic E-state index is 12.0. The van der Waals surface area contributed by atoms with Crippen LogP contribution in [0, 0.1) is 0 Å². The number of hydrogen-bond acceptors (Lipinski definition) is 5. The third kappa shape index (κ3) is 4.43. The Morgan fingerprint density at radius 1 is 1.19 bits per heavy atom. The molecule has 0 atom stereocenters. The van der Waals surface area contributed by atoms with Crippen molar-refractivity contribution in [2.45, 2.75) is 24.0 Å². The second-order valence-corrected chi connectivity index (χ2v) is 8.01. The fourth-order valence-electron chi connectivity index (χ4n) is 2.23. The van der Waals surface area contributed by atoms with E-state index in [1.165, 1.54) is 0 Å². The monoisotopic (exact) mass is 312 g/mol. The number of ether oxygens (including phenoxy) is 1. The van der Waals surface area contributed by atoms with Gasteiger partial charge in [-0.15, -0.1) is 0 Å². The van der Waals surface area contributed by atoms with E-state index < -0.39 is 15.1 Å². The molecule has 1 fully saturated rings. The summed E-state index contributed by atoms with van der Waals surface area (Å²) in [7, 11) is -3.20. The minimum absolute atomic E-state index is 0.354. The molecule has 118 valence electrons. The van der Waals surface area contributed by atoms with Crippen LogP contribution in [0.1, 0.15) is 13.8 Å². The molecule has 2 rings (SSSR count). The Morgan fingerprint density at radius 3 is 2.38 bits per heavy atom. The fraction of sp³-hybridized carbons (Fsp3) is 0.600. The van der Waals surface area contributed by atoms with E-state index in [2.05, 4.69) is 10.2 Å². The van der Waals surface area contributed by atoms with Crippen molar-refractivity contribution in [2.24, 2.45) is 0 Å². The van der Waals surface area contributed by atoms with Crippen LogP contribution in [0.25, 0.3) is 0 Å².